The van der Waals surface area contributed by atoms with Gasteiger partial charge in [-0.15, -0.1) is 23.1 Å². The molecule has 0 bridgehead atoms. The van der Waals surface area contributed by atoms with E-state index in [1.807, 2.05) is 13.8 Å². The first kappa shape index (κ1) is 46.2. The normalized spacial score (nSPS) is 20.8. The summed E-state index contributed by atoms with van der Waals surface area (Å²) in [5.74, 6) is -8.14. The minimum Gasteiger partial charge on any atom is -0.504 e. The number of hydrogen-bond acceptors (Lipinski definition) is 16. The Bertz CT molecular complexity index is 2510. The lowest BCUT2D eigenvalue weighted by Gasteiger charge is -2.63. The number of thioether (sulfide) groups is 1. The number of oxime groups is 1. The number of amides is 3. The van der Waals surface area contributed by atoms with E-state index in [9.17, 15) is 59.1 Å². The monoisotopic (exact) mass is 914 g/mol. The number of benzene rings is 1. The molecule has 3 aliphatic rings. The number of nitrogen functional groups attached to an aromatic ring is 1. The van der Waals surface area contributed by atoms with Crippen LogP contribution in [0.25, 0.3) is 10.9 Å². The number of phenolic OH excluding ortho intramolecular Hbond substituents is 2. The molecule has 9 N–H and O–H groups in total. The number of nitrogens with zero attached hydrogens (tertiary/aromatic N) is 6. The molecule has 3 amide bonds. The van der Waals surface area contributed by atoms with E-state index in [1.54, 1.807) is 13.8 Å². The molecule has 5 heterocycles. The number of carbonyl (C=O) groups excluding carboxylic acids is 3. The summed E-state index contributed by atoms with van der Waals surface area (Å²) in [4.78, 5) is 101. The fraction of sp³-hybridized carbons (Fsp3) is 0.487. The number of carboxylic acid groups (broad SMARTS) is 3. The molecule has 0 saturated carbocycles. The third kappa shape index (κ3) is 8.12. The largest absolute Gasteiger partial charge is 0.504 e. The van der Waals surface area contributed by atoms with Gasteiger partial charge in [0.15, 0.2) is 39.4 Å². The highest BCUT2D eigenvalue weighted by Crippen LogP contribution is 2.62. The highest BCUT2D eigenvalue weighted by Gasteiger charge is 2.71. The van der Waals surface area contributed by atoms with Crippen molar-refractivity contribution in [3.05, 3.63) is 50.5 Å². The molecule has 0 aliphatic carbocycles. The van der Waals surface area contributed by atoms with Gasteiger partial charge in [-0.1, -0.05) is 25.9 Å². The van der Waals surface area contributed by atoms with Crippen LogP contribution in [0, 0.1) is 0 Å². The summed E-state index contributed by atoms with van der Waals surface area (Å²) in [6.07, 6.45) is -0.612. The van der Waals surface area contributed by atoms with E-state index in [-0.39, 0.29) is 58.0 Å². The fourth-order valence-electron chi connectivity index (χ4n) is 8.79. The summed E-state index contributed by atoms with van der Waals surface area (Å²) in [6.45, 7) is 8.62. The van der Waals surface area contributed by atoms with Crippen LogP contribution in [0.2, 0.25) is 0 Å². The molecule has 24 heteroatoms. The zero-order valence-electron chi connectivity index (χ0n) is 34.7. The van der Waals surface area contributed by atoms with Gasteiger partial charge < -0.3 is 46.7 Å². The van der Waals surface area contributed by atoms with E-state index in [0.717, 1.165) is 17.4 Å². The van der Waals surface area contributed by atoms with Gasteiger partial charge in [0.25, 0.3) is 17.7 Å². The van der Waals surface area contributed by atoms with E-state index in [1.165, 1.54) is 32.8 Å². The number of fused-ring (bicyclic) bond motifs is 2. The molecule has 2 fully saturated rings. The summed E-state index contributed by atoms with van der Waals surface area (Å²) in [6, 6.07) is 0.926. The van der Waals surface area contributed by atoms with E-state index >= 15 is 0 Å². The van der Waals surface area contributed by atoms with Crippen LogP contribution in [0.4, 0.5) is 5.13 Å². The molecular formula is C39H48N9O13S2+. The Hall–Kier alpha value is -6.27. The Balaban J connectivity index is 1.35. The topological polar surface area (TPSA) is 326 Å². The number of nitrogens with two attached hydrogens (primary N) is 1. The molecular weight excluding hydrogens is 867 g/mol. The maximum absolute atomic E-state index is 14.4. The van der Waals surface area contributed by atoms with Crippen molar-refractivity contribution in [3.63, 3.8) is 0 Å². The summed E-state index contributed by atoms with van der Waals surface area (Å²) in [5.41, 5.74) is 4.31. The molecule has 3 atom stereocenters. The molecule has 0 unspecified atom stereocenters. The molecule has 1 aromatic carbocycles. The number of carbonyl (C=O) groups is 6. The summed E-state index contributed by atoms with van der Waals surface area (Å²) >= 11 is 2.28. The van der Waals surface area contributed by atoms with Gasteiger partial charge in [-0.25, -0.2) is 14.6 Å². The summed E-state index contributed by atoms with van der Waals surface area (Å²) < 4.78 is 0.525. The van der Waals surface area contributed by atoms with Crippen molar-refractivity contribution in [2.45, 2.75) is 94.5 Å². The van der Waals surface area contributed by atoms with Gasteiger partial charge in [0.2, 0.25) is 11.5 Å². The van der Waals surface area contributed by atoms with Crippen LogP contribution in [0.1, 0.15) is 82.4 Å². The summed E-state index contributed by atoms with van der Waals surface area (Å²) in [5, 5.41) is 64.6. The van der Waals surface area contributed by atoms with Gasteiger partial charge >= 0.3 is 17.9 Å². The number of likely N-dealkylation sites (tertiary alicyclic amines) is 1. The Morgan fingerprint density at radius 3 is 2.25 bits per heavy atom. The first-order valence-electron chi connectivity index (χ1n) is 20.2. The third-order valence-corrected chi connectivity index (χ3v) is 14.7. The number of aryl methyl sites for hydroxylation is 1. The minimum atomic E-state index is -1.98. The number of hydrogen-bond donors (Lipinski definition) is 8. The van der Waals surface area contributed by atoms with Crippen molar-refractivity contribution in [1.82, 2.24) is 30.3 Å². The number of nitrogens with one attached hydrogen (secondary N) is 2. The zero-order chi connectivity index (χ0) is 46.2. The van der Waals surface area contributed by atoms with Gasteiger partial charge in [0, 0.05) is 30.8 Å². The lowest BCUT2D eigenvalue weighted by Crippen LogP contribution is -2.81. The van der Waals surface area contributed by atoms with Crippen molar-refractivity contribution in [1.29, 1.82) is 0 Å². The Kier molecular flexibility index (Phi) is 13.1. The number of aromatic nitrogens is 3. The van der Waals surface area contributed by atoms with Crippen molar-refractivity contribution >= 4 is 80.5 Å². The molecule has 6 rings (SSSR count). The molecule has 338 valence electrons. The van der Waals surface area contributed by atoms with Crippen molar-refractivity contribution in [2.75, 3.05) is 31.9 Å². The second kappa shape index (κ2) is 17.8. The molecule has 2 saturated heterocycles. The Labute approximate surface area is 367 Å². The smallest absolute Gasteiger partial charge is 0.358 e. The number of β-lactam (4-membered cyclic amide) rings is 1. The van der Waals surface area contributed by atoms with Gasteiger partial charge in [-0.3, -0.25) is 38.0 Å². The number of quaternary nitrogens is 1. The molecule has 3 aromatic rings. The zero-order valence-corrected chi connectivity index (χ0v) is 36.4. The van der Waals surface area contributed by atoms with Crippen LogP contribution in [0.15, 0.2) is 38.9 Å². The number of aromatic hydroxyl groups is 2. The average Bonchev–Trinajstić information content (AvgIpc) is 3.91. The Morgan fingerprint density at radius 1 is 1.03 bits per heavy atom. The maximum Gasteiger partial charge on any atom is 0.358 e. The molecule has 0 radical (unpaired) electrons. The van der Waals surface area contributed by atoms with Gasteiger partial charge in [-0.2, -0.15) is 5.10 Å². The van der Waals surface area contributed by atoms with E-state index in [4.69, 9.17) is 10.6 Å². The van der Waals surface area contributed by atoms with E-state index in [0.29, 0.717) is 44.5 Å². The lowest BCUT2D eigenvalue weighted by molar-refractivity contribution is -0.882. The predicted octanol–water partition coefficient (Wildman–Crippen LogP) is 1.59. The maximum atomic E-state index is 14.4. The summed E-state index contributed by atoms with van der Waals surface area (Å²) in [7, 11) is 0. The van der Waals surface area contributed by atoms with E-state index in [2.05, 4.69) is 25.9 Å². The van der Waals surface area contributed by atoms with Crippen LogP contribution >= 0.6 is 23.1 Å². The molecule has 2 aromatic heterocycles. The van der Waals surface area contributed by atoms with Crippen LogP contribution in [0.5, 0.6) is 11.5 Å². The van der Waals surface area contributed by atoms with Crippen molar-refractivity contribution in [2.24, 2.45) is 5.16 Å². The van der Waals surface area contributed by atoms with Gasteiger partial charge in [0.1, 0.15) is 23.2 Å². The SMILES string of the molecule is CCn1nc(C(=O)NCC[N+]2(C3=C(C(=O)O)N4C(=O)[C@@H](NC(=O)/C(=N\O[C@@H](CC(=O)O)C(=O)O)c5csc(N)n5)[C@@]4(CC)SC3(CC)CC)CCCC2)c(=O)c2cc(O)c(O)cc21. The minimum absolute atomic E-state index is 0.00995. The number of anilines is 1. The van der Waals surface area contributed by atoms with Gasteiger partial charge in [0.05, 0.1) is 41.7 Å². The van der Waals surface area contributed by atoms with Crippen LogP contribution in [-0.4, -0.2) is 139 Å². The highest BCUT2D eigenvalue weighted by molar-refractivity contribution is 8.02. The number of carboxylic acids is 3. The number of aliphatic carboxylic acids is 3. The second-order valence-corrected chi connectivity index (χ2v) is 17.8. The van der Waals surface area contributed by atoms with Crippen LogP contribution in [-0.2, 0) is 35.4 Å². The number of rotatable bonds is 18. The fourth-order valence-corrected chi connectivity index (χ4v) is 11.4. The number of thiazole rings is 1. The molecule has 63 heavy (non-hydrogen) atoms. The van der Waals surface area contributed by atoms with Crippen LogP contribution in [0.3, 0.4) is 0 Å². The average molecular weight is 915 g/mol. The third-order valence-electron chi connectivity index (χ3n) is 11.8. The number of phenols is 2. The molecule has 3 aliphatic heterocycles. The van der Waals surface area contributed by atoms with Crippen molar-refractivity contribution in [3.8, 4) is 11.5 Å². The quantitative estimate of drug-likeness (QED) is 0.0295. The molecule has 0 spiro atoms. The Morgan fingerprint density at radius 2 is 1.70 bits per heavy atom. The van der Waals surface area contributed by atoms with E-state index < -0.39 is 92.1 Å². The second-order valence-electron chi connectivity index (χ2n) is 15.3. The highest BCUT2D eigenvalue weighted by atomic mass is 32.2. The predicted molar refractivity (Wildman–Crippen MR) is 227 cm³/mol. The lowest BCUT2D eigenvalue weighted by atomic mass is 9.85. The first-order valence-corrected chi connectivity index (χ1v) is 21.9. The van der Waals surface area contributed by atoms with Crippen LogP contribution < -0.4 is 21.8 Å². The molecule has 22 nitrogen and oxygen atoms in total. The standard InChI is InChI=1S/C39H47N9O13S2/c1-5-38(6-2)31(48(12-9-10-13-48)14-11-41-32(54)27-29(53)19-15-22(49)23(50)16-21(19)46(8-4)44-27)28(36(59)60)47-34(56)30(39(47,7-3)63-38)43-33(55)26(20-18-62-37(40)42-20)45-61-24(35(57)58)17-25(51)52/h15-16,18,24,30H,5-14,17H2,1-4H3,(H8-,40,41,42,43,44,45,49,50,51,52,53,54,55,57,58,59,60)/p+1/t24-,30+,39+/m0/s1. The van der Waals surface area contributed by atoms with Crippen molar-refractivity contribution < 1.29 is 63.6 Å². The first-order chi connectivity index (χ1) is 29.8. The van der Waals surface area contributed by atoms with Gasteiger partial charge in [-0.05, 0) is 32.3 Å².